The predicted molar refractivity (Wildman–Crippen MR) is 113 cm³/mol. The number of hydrogen-bond donors (Lipinski definition) is 1. The van der Waals surface area contributed by atoms with Gasteiger partial charge in [0.1, 0.15) is 0 Å². The lowest BCUT2D eigenvalue weighted by molar-refractivity contribution is 0.591. The van der Waals surface area contributed by atoms with Crippen molar-refractivity contribution in [1.29, 1.82) is 0 Å². The molecule has 27 heavy (non-hydrogen) atoms. The zero-order valence-electron chi connectivity index (χ0n) is 16.2. The second kappa shape index (κ2) is 5.85. The molecule has 0 saturated heterocycles. The minimum absolute atomic E-state index is 0.0614. The molecule has 1 nitrogen and oxygen atoms in total. The normalized spacial score (nSPS) is 26.0. The van der Waals surface area contributed by atoms with E-state index in [-0.39, 0.29) is 5.41 Å². The molecule has 1 heteroatoms. The monoisotopic (exact) mass is 351 g/mol. The van der Waals surface area contributed by atoms with Gasteiger partial charge in [0.05, 0.1) is 6.04 Å². The van der Waals surface area contributed by atoms with E-state index in [1.54, 1.807) is 5.57 Å². The van der Waals surface area contributed by atoms with E-state index >= 15 is 0 Å². The van der Waals surface area contributed by atoms with E-state index in [0.29, 0.717) is 6.04 Å². The van der Waals surface area contributed by atoms with Gasteiger partial charge in [-0.15, -0.1) is 0 Å². The average molecular weight is 351 g/mol. The Morgan fingerprint density at radius 3 is 2.56 bits per heavy atom. The summed E-state index contributed by atoms with van der Waals surface area (Å²) in [6, 6.07) is 20.3. The average Bonchev–Trinajstić information content (AvgIpc) is 3.15. The molecule has 134 valence electrons. The van der Waals surface area contributed by atoms with E-state index in [0.717, 1.165) is 6.42 Å². The third kappa shape index (κ3) is 2.18. The van der Waals surface area contributed by atoms with Crippen LogP contribution in [-0.2, 0) is 5.41 Å². The highest BCUT2D eigenvalue weighted by Crippen LogP contribution is 2.55. The van der Waals surface area contributed by atoms with Crippen LogP contribution in [0.15, 0.2) is 95.2 Å². The van der Waals surface area contributed by atoms with Crippen molar-refractivity contribution < 1.29 is 0 Å². The fourth-order valence-corrected chi connectivity index (χ4v) is 5.19. The zero-order chi connectivity index (χ0) is 18.6. The van der Waals surface area contributed by atoms with Crippen LogP contribution in [0.2, 0.25) is 0 Å². The van der Waals surface area contributed by atoms with Crippen molar-refractivity contribution in [3.05, 3.63) is 112 Å². The second-order valence-electron chi connectivity index (χ2n) is 7.97. The largest absolute Gasteiger partial charge is 0.378 e. The van der Waals surface area contributed by atoms with Crippen LogP contribution in [-0.4, -0.2) is 6.04 Å². The number of rotatable bonds is 2. The van der Waals surface area contributed by atoms with E-state index in [9.17, 15) is 0 Å². The summed E-state index contributed by atoms with van der Waals surface area (Å²) in [6.07, 6.45) is 7.83. The van der Waals surface area contributed by atoms with Crippen LogP contribution in [0.1, 0.15) is 43.9 Å². The molecule has 2 aromatic rings. The van der Waals surface area contributed by atoms with E-state index in [1.165, 1.54) is 39.1 Å². The van der Waals surface area contributed by atoms with Gasteiger partial charge in [-0.05, 0) is 78.3 Å². The van der Waals surface area contributed by atoms with Gasteiger partial charge in [0.25, 0.3) is 0 Å². The Kier molecular flexibility index (Phi) is 3.55. The minimum Gasteiger partial charge on any atom is -0.378 e. The van der Waals surface area contributed by atoms with E-state index in [1.807, 2.05) is 0 Å². The van der Waals surface area contributed by atoms with Gasteiger partial charge in [-0.25, -0.2) is 0 Å². The third-order valence-electron chi connectivity index (χ3n) is 6.62. The minimum atomic E-state index is -0.0614. The van der Waals surface area contributed by atoms with Gasteiger partial charge >= 0.3 is 0 Å². The van der Waals surface area contributed by atoms with Crippen molar-refractivity contribution in [3.8, 4) is 0 Å². The molecule has 1 N–H and O–H groups in total. The van der Waals surface area contributed by atoms with E-state index in [2.05, 4.69) is 98.9 Å². The summed E-state index contributed by atoms with van der Waals surface area (Å²) in [7, 11) is 0. The Labute approximate surface area is 161 Å². The number of allylic oxidation sites excluding steroid dienone is 4. The summed E-state index contributed by atoms with van der Waals surface area (Å²) in [5, 5.41) is 3.76. The van der Waals surface area contributed by atoms with Gasteiger partial charge in [-0.2, -0.15) is 0 Å². The van der Waals surface area contributed by atoms with Gasteiger partial charge in [-0.3, -0.25) is 0 Å². The maximum Gasteiger partial charge on any atom is 0.0555 e. The van der Waals surface area contributed by atoms with Crippen LogP contribution in [0, 0.1) is 0 Å². The van der Waals surface area contributed by atoms with Gasteiger partial charge in [-0.1, -0.05) is 60.7 Å². The summed E-state index contributed by atoms with van der Waals surface area (Å²) in [5.41, 5.74) is 11.3. The first-order valence-electron chi connectivity index (χ1n) is 9.85. The third-order valence-corrected chi connectivity index (χ3v) is 6.62. The molecule has 0 aromatic heterocycles. The van der Waals surface area contributed by atoms with Crippen molar-refractivity contribution in [2.24, 2.45) is 0 Å². The smallest absolute Gasteiger partial charge is 0.0555 e. The fourth-order valence-electron chi connectivity index (χ4n) is 5.19. The molecule has 0 bridgehead atoms. The van der Waals surface area contributed by atoms with Gasteiger partial charge in [0.2, 0.25) is 0 Å². The van der Waals surface area contributed by atoms with Crippen molar-refractivity contribution in [3.63, 3.8) is 0 Å². The summed E-state index contributed by atoms with van der Waals surface area (Å²) in [5.74, 6) is 0. The molecule has 1 aliphatic heterocycles. The lowest BCUT2D eigenvalue weighted by atomic mass is 9.70. The van der Waals surface area contributed by atoms with Crippen LogP contribution in [0.4, 0.5) is 0 Å². The van der Waals surface area contributed by atoms with Crippen molar-refractivity contribution in [2.75, 3.05) is 0 Å². The molecule has 2 aliphatic carbocycles. The Morgan fingerprint density at radius 1 is 1.04 bits per heavy atom. The molecule has 3 aliphatic rings. The molecule has 2 aromatic carbocycles. The number of benzene rings is 2. The molecule has 2 atom stereocenters. The molecular weight excluding hydrogens is 326 g/mol. The molecule has 0 amide bonds. The lowest BCUT2D eigenvalue weighted by Crippen LogP contribution is -2.32. The Morgan fingerprint density at radius 2 is 1.78 bits per heavy atom. The number of hydrogen-bond acceptors (Lipinski definition) is 1. The molecule has 0 spiro atoms. The quantitative estimate of drug-likeness (QED) is 0.709. The molecule has 0 saturated carbocycles. The standard InChI is InChI=1S/C26H25N/c1-4-10-24-17(2)20-15-21-19-13-8-9-14-22(19)26(3,18-11-6-5-7-12-18)23(21)16-25(20)27-24/h4-15,25,27H,16H2,1-3H3/b10-4-. The summed E-state index contributed by atoms with van der Waals surface area (Å²) in [4.78, 5) is 0. The Bertz CT molecular complexity index is 1050. The SMILES string of the molecule is C/C=C\C1=C(C)C2=CC3=C(CC2N1)C(C)(c1ccccc1)c1ccccc13. The molecular formula is C26H25N. The fraction of sp³-hybridized carbons (Fsp3) is 0.231. The maximum atomic E-state index is 3.76. The van der Waals surface area contributed by atoms with Crippen molar-refractivity contribution >= 4 is 5.57 Å². The molecule has 0 radical (unpaired) electrons. The van der Waals surface area contributed by atoms with Crippen molar-refractivity contribution in [2.45, 2.75) is 38.6 Å². The Hall–Kier alpha value is -2.80. The molecule has 1 heterocycles. The molecule has 5 rings (SSSR count). The van der Waals surface area contributed by atoms with Crippen LogP contribution in [0.3, 0.4) is 0 Å². The highest BCUT2D eigenvalue weighted by Gasteiger charge is 2.45. The maximum absolute atomic E-state index is 3.76. The van der Waals surface area contributed by atoms with Crippen LogP contribution < -0.4 is 5.32 Å². The van der Waals surface area contributed by atoms with Crippen LogP contribution in [0.5, 0.6) is 0 Å². The van der Waals surface area contributed by atoms with Crippen LogP contribution in [0.25, 0.3) is 5.57 Å². The summed E-state index contributed by atoms with van der Waals surface area (Å²) >= 11 is 0. The second-order valence-corrected chi connectivity index (χ2v) is 7.97. The predicted octanol–water partition coefficient (Wildman–Crippen LogP) is 5.91. The highest BCUT2D eigenvalue weighted by atomic mass is 15.0. The van der Waals surface area contributed by atoms with Gasteiger partial charge in [0, 0.05) is 11.1 Å². The molecule has 2 unspecified atom stereocenters. The topological polar surface area (TPSA) is 12.0 Å². The summed E-state index contributed by atoms with van der Waals surface area (Å²) in [6.45, 7) is 6.74. The zero-order valence-corrected chi connectivity index (χ0v) is 16.2. The lowest BCUT2D eigenvalue weighted by Gasteiger charge is -2.34. The Balaban J connectivity index is 1.73. The van der Waals surface area contributed by atoms with Gasteiger partial charge < -0.3 is 5.32 Å². The first kappa shape index (κ1) is 16.4. The van der Waals surface area contributed by atoms with E-state index < -0.39 is 0 Å². The van der Waals surface area contributed by atoms with Crippen LogP contribution >= 0.6 is 0 Å². The summed E-state index contributed by atoms with van der Waals surface area (Å²) < 4.78 is 0. The van der Waals surface area contributed by atoms with Crippen molar-refractivity contribution in [1.82, 2.24) is 5.32 Å². The first-order chi connectivity index (χ1) is 13.1. The highest BCUT2D eigenvalue weighted by molar-refractivity contribution is 5.90. The number of nitrogens with one attached hydrogen (secondary N) is 1. The molecule has 0 fully saturated rings. The first-order valence-corrected chi connectivity index (χ1v) is 9.85. The number of fused-ring (bicyclic) bond motifs is 3. The van der Waals surface area contributed by atoms with E-state index in [4.69, 9.17) is 0 Å². The van der Waals surface area contributed by atoms with Gasteiger partial charge in [0.15, 0.2) is 0 Å².